The number of H-pyrrole nitrogens is 1. The van der Waals surface area contributed by atoms with Crippen molar-refractivity contribution in [1.82, 2.24) is 19.7 Å². The Labute approximate surface area is 146 Å². The molecule has 132 valence electrons. The molecule has 0 saturated heterocycles. The Balaban J connectivity index is 1.93. The zero-order valence-corrected chi connectivity index (χ0v) is 13.7. The maximum atomic E-state index is 12.3. The number of urea groups is 1. The molecule has 9 nitrogen and oxygen atoms in total. The highest BCUT2D eigenvalue weighted by atomic mass is 16.4. The summed E-state index contributed by atoms with van der Waals surface area (Å²) in [7, 11) is 1.51. The summed E-state index contributed by atoms with van der Waals surface area (Å²) in [4.78, 5) is 42.1. The summed E-state index contributed by atoms with van der Waals surface area (Å²) >= 11 is 0. The molecule has 1 aliphatic rings. The molecule has 2 heterocycles. The van der Waals surface area contributed by atoms with Crippen LogP contribution in [0.2, 0.25) is 0 Å². The number of fused-ring (bicyclic) bond motifs is 5. The molecule has 0 radical (unpaired) electrons. The van der Waals surface area contributed by atoms with E-state index in [0.717, 1.165) is 11.1 Å². The number of benzene rings is 1. The van der Waals surface area contributed by atoms with Gasteiger partial charge in [0.15, 0.2) is 0 Å². The normalized spacial score (nSPS) is 14.7. The summed E-state index contributed by atoms with van der Waals surface area (Å²) in [5.41, 5.74) is 3.13. The molecule has 4 N–H and O–H groups in total. The Hall–Kier alpha value is -3.62. The fourth-order valence-corrected chi connectivity index (χ4v) is 3.45. The summed E-state index contributed by atoms with van der Waals surface area (Å²) in [6, 6.07) is 4.83. The fourth-order valence-electron chi connectivity index (χ4n) is 3.45. The molecule has 1 atom stereocenters. The number of imidazole rings is 1. The van der Waals surface area contributed by atoms with Crippen LogP contribution < -0.4 is 16.2 Å². The minimum Gasteiger partial charge on any atom is -0.481 e. The van der Waals surface area contributed by atoms with E-state index in [9.17, 15) is 19.5 Å². The number of amides is 2. The number of carboxylic acid groups (broad SMARTS) is 1. The zero-order chi connectivity index (χ0) is 18.4. The van der Waals surface area contributed by atoms with Crippen molar-refractivity contribution in [1.29, 1.82) is 0 Å². The Kier molecular flexibility index (Phi) is 3.50. The number of hydrogen-bond donors (Lipinski definition) is 4. The van der Waals surface area contributed by atoms with Crippen LogP contribution in [-0.2, 0) is 4.79 Å². The first-order valence-electron chi connectivity index (χ1n) is 7.93. The highest BCUT2D eigenvalue weighted by Gasteiger charge is 2.34. The first-order chi connectivity index (χ1) is 12.5. The molecule has 3 aromatic rings. The van der Waals surface area contributed by atoms with Gasteiger partial charge in [0.2, 0.25) is 5.65 Å². The lowest BCUT2D eigenvalue weighted by Gasteiger charge is -2.13. The highest BCUT2D eigenvalue weighted by molar-refractivity contribution is 5.90. The van der Waals surface area contributed by atoms with Crippen LogP contribution >= 0.6 is 0 Å². The summed E-state index contributed by atoms with van der Waals surface area (Å²) in [5.74, 6) is -1.43. The van der Waals surface area contributed by atoms with Crippen LogP contribution in [0, 0.1) is 0 Å². The zero-order valence-electron chi connectivity index (χ0n) is 13.7. The number of carbonyl (C=O) groups is 2. The van der Waals surface area contributed by atoms with Gasteiger partial charge >= 0.3 is 12.0 Å². The molecular weight excluding hydrogens is 338 g/mol. The van der Waals surface area contributed by atoms with Crippen LogP contribution in [0.3, 0.4) is 0 Å². The van der Waals surface area contributed by atoms with Gasteiger partial charge in [0, 0.05) is 36.6 Å². The number of nitrogens with zero attached hydrogens (tertiary/aromatic N) is 2. The molecule has 4 rings (SSSR count). The van der Waals surface area contributed by atoms with Crippen LogP contribution in [0.1, 0.15) is 23.6 Å². The SMILES string of the molecule is CNC(=O)Nc1ccc2c(c1)C(CC(=O)O)c1c-2[nH]c(=O)c2nccn12. The third kappa shape index (κ3) is 2.32. The Bertz CT molecular complexity index is 1110. The molecule has 0 bridgehead atoms. The number of carbonyl (C=O) groups excluding carboxylic acids is 1. The van der Waals surface area contributed by atoms with Crippen molar-refractivity contribution in [2.75, 3.05) is 12.4 Å². The van der Waals surface area contributed by atoms with Gasteiger partial charge in [-0.1, -0.05) is 6.07 Å². The van der Waals surface area contributed by atoms with Crippen molar-refractivity contribution in [3.8, 4) is 11.3 Å². The molecule has 2 aromatic heterocycles. The van der Waals surface area contributed by atoms with Crippen molar-refractivity contribution < 1.29 is 14.7 Å². The van der Waals surface area contributed by atoms with Gasteiger partial charge in [-0.05, 0) is 17.7 Å². The van der Waals surface area contributed by atoms with E-state index in [1.54, 1.807) is 28.8 Å². The van der Waals surface area contributed by atoms with Gasteiger partial charge in [-0.15, -0.1) is 0 Å². The van der Waals surface area contributed by atoms with Crippen LogP contribution in [0.4, 0.5) is 10.5 Å². The average molecular weight is 353 g/mol. The predicted octanol–water partition coefficient (Wildman–Crippen LogP) is 1.36. The summed E-state index contributed by atoms with van der Waals surface area (Å²) in [6.45, 7) is 0. The van der Waals surface area contributed by atoms with Gasteiger partial charge < -0.3 is 20.7 Å². The number of carboxylic acids is 1. The summed E-state index contributed by atoms with van der Waals surface area (Å²) in [5, 5.41) is 14.5. The van der Waals surface area contributed by atoms with E-state index < -0.39 is 11.9 Å². The summed E-state index contributed by atoms with van der Waals surface area (Å²) < 4.78 is 1.63. The van der Waals surface area contributed by atoms with E-state index in [0.29, 0.717) is 17.1 Å². The van der Waals surface area contributed by atoms with Gasteiger partial charge in [-0.2, -0.15) is 0 Å². The largest absolute Gasteiger partial charge is 0.481 e. The van der Waals surface area contributed by atoms with E-state index >= 15 is 0 Å². The van der Waals surface area contributed by atoms with Gasteiger partial charge in [-0.25, -0.2) is 9.78 Å². The third-order valence-corrected chi connectivity index (χ3v) is 4.49. The lowest BCUT2D eigenvalue weighted by Crippen LogP contribution is -2.24. The van der Waals surface area contributed by atoms with Crippen molar-refractivity contribution in [3.05, 3.63) is 52.2 Å². The predicted molar refractivity (Wildman–Crippen MR) is 93.4 cm³/mol. The molecule has 2 amide bonds. The Morgan fingerprint density at radius 2 is 2.19 bits per heavy atom. The number of nitrogens with one attached hydrogen (secondary N) is 3. The number of rotatable bonds is 3. The molecule has 9 heteroatoms. The molecule has 1 aliphatic carbocycles. The minimum absolute atomic E-state index is 0.150. The topological polar surface area (TPSA) is 129 Å². The van der Waals surface area contributed by atoms with E-state index in [-0.39, 0.29) is 23.7 Å². The van der Waals surface area contributed by atoms with Crippen molar-refractivity contribution >= 4 is 23.3 Å². The lowest BCUT2D eigenvalue weighted by molar-refractivity contribution is -0.137. The van der Waals surface area contributed by atoms with Gasteiger partial charge in [0.25, 0.3) is 5.56 Å². The number of aromatic nitrogens is 3. The second-order valence-corrected chi connectivity index (χ2v) is 5.99. The smallest absolute Gasteiger partial charge is 0.318 e. The number of aliphatic carboxylic acids is 1. The van der Waals surface area contributed by atoms with Crippen molar-refractivity contribution in [3.63, 3.8) is 0 Å². The van der Waals surface area contributed by atoms with E-state index in [4.69, 9.17) is 0 Å². The van der Waals surface area contributed by atoms with Crippen LogP contribution in [0.5, 0.6) is 0 Å². The fraction of sp³-hybridized carbons (Fsp3) is 0.176. The maximum absolute atomic E-state index is 12.3. The van der Waals surface area contributed by atoms with Gasteiger partial charge in [0.1, 0.15) is 0 Å². The van der Waals surface area contributed by atoms with Gasteiger partial charge in [-0.3, -0.25) is 14.0 Å². The molecule has 1 aromatic carbocycles. The monoisotopic (exact) mass is 353 g/mol. The first-order valence-corrected chi connectivity index (χ1v) is 7.93. The molecule has 0 fully saturated rings. The minimum atomic E-state index is -0.960. The van der Waals surface area contributed by atoms with Crippen molar-refractivity contribution in [2.24, 2.45) is 0 Å². The van der Waals surface area contributed by atoms with Crippen LogP contribution in [-0.4, -0.2) is 38.5 Å². The van der Waals surface area contributed by atoms with Crippen LogP contribution in [0.25, 0.3) is 16.9 Å². The van der Waals surface area contributed by atoms with Crippen molar-refractivity contribution in [2.45, 2.75) is 12.3 Å². The molecule has 0 aliphatic heterocycles. The third-order valence-electron chi connectivity index (χ3n) is 4.49. The Morgan fingerprint density at radius 1 is 1.38 bits per heavy atom. The standard InChI is InChI=1S/C17H15N5O4/c1-18-17(26)20-8-2-3-9-10(6-8)11(7-12(23)24)14-13(9)21-16(25)15-19-4-5-22(14)15/h2-6,11H,7H2,1H3,(H,21,25)(H,23,24)(H2,18,20,26). The maximum Gasteiger partial charge on any atom is 0.318 e. The summed E-state index contributed by atoms with van der Waals surface area (Å²) in [6.07, 6.45) is 3.00. The van der Waals surface area contributed by atoms with E-state index in [2.05, 4.69) is 20.6 Å². The number of anilines is 1. The average Bonchev–Trinajstić information content (AvgIpc) is 3.19. The highest BCUT2D eigenvalue weighted by Crippen LogP contribution is 2.45. The quantitative estimate of drug-likeness (QED) is 0.565. The second-order valence-electron chi connectivity index (χ2n) is 5.99. The molecule has 1 unspecified atom stereocenters. The first kappa shape index (κ1) is 15.9. The van der Waals surface area contributed by atoms with Gasteiger partial charge in [0.05, 0.1) is 17.8 Å². The van der Waals surface area contributed by atoms with E-state index in [1.807, 2.05) is 0 Å². The van der Waals surface area contributed by atoms with Crippen LogP contribution in [0.15, 0.2) is 35.4 Å². The molecule has 26 heavy (non-hydrogen) atoms. The molecule has 0 spiro atoms. The number of aromatic amines is 1. The second kappa shape index (κ2) is 5.73. The Morgan fingerprint density at radius 3 is 2.92 bits per heavy atom. The molecular formula is C17H15N5O4. The van der Waals surface area contributed by atoms with E-state index in [1.165, 1.54) is 13.2 Å². The molecule has 0 saturated carbocycles. The number of hydrogen-bond acceptors (Lipinski definition) is 4. The lowest BCUT2D eigenvalue weighted by atomic mass is 9.96.